The summed E-state index contributed by atoms with van der Waals surface area (Å²) in [6.45, 7) is 5.45. The molecule has 1 aliphatic rings. The fourth-order valence-corrected chi connectivity index (χ4v) is 3.39. The van der Waals surface area contributed by atoms with Gasteiger partial charge in [-0.2, -0.15) is 0 Å². The molecule has 1 heterocycles. The molecule has 0 bridgehead atoms. The fraction of sp³-hybridized carbons (Fsp3) is 0.368. The van der Waals surface area contributed by atoms with E-state index in [1.54, 1.807) is 39.0 Å². The number of hydrogen-bond acceptors (Lipinski definition) is 6. The Morgan fingerprint density at radius 2 is 1.73 bits per heavy atom. The molecule has 1 unspecified atom stereocenters. The van der Waals surface area contributed by atoms with Crippen molar-refractivity contribution in [3.8, 4) is 5.75 Å². The zero-order valence-corrected chi connectivity index (χ0v) is 16.2. The molecule has 0 spiro atoms. The van der Waals surface area contributed by atoms with Gasteiger partial charge in [-0.3, -0.25) is 0 Å². The lowest BCUT2D eigenvalue weighted by molar-refractivity contribution is -0.139. The minimum Gasteiger partial charge on any atom is -0.495 e. The molecule has 1 aromatic carbocycles. The number of esters is 2. The maximum absolute atomic E-state index is 12.7. The van der Waals surface area contributed by atoms with Gasteiger partial charge < -0.3 is 19.5 Å². The molecule has 26 heavy (non-hydrogen) atoms. The molecular formula is C19H22ClNO5. The van der Waals surface area contributed by atoms with Gasteiger partial charge in [0.25, 0.3) is 0 Å². The number of allylic oxidation sites excluding steroid dienone is 2. The van der Waals surface area contributed by atoms with Gasteiger partial charge in [0.05, 0.1) is 42.9 Å². The van der Waals surface area contributed by atoms with E-state index in [1.807, 2.05) is 0 Å². The zero-order valence-electron chi connectivity index (χ0n) is 15.4. The van der Waals surface area contributed by atoms with Gasteiger partial charge in [-0.1, -0.05) is 23.7 Å². The van der Waals surface area contributed by atoms with Crippen LogP contribution in [0.15, 0.2) is 40.7 Å². The summed E-state index contributed by atoms with van der Waals surface area (Å²) in [7, 11) is 2.78. The monoisotopic (exact) mass is 379 g/mol. The van der Waals surface area contributed by atoms with Crippen molar-refractivity contribution in [1.29, 1.82) is 0 Å². The molecule has 0 saturated carbocycles. The molecule has 0 radical (unpaired) electrons. The van der Waals surface area contributed by atoms with Crippen molar-refractivity contribution in [3.63, 3.8) is 0 Å². The predicted octanol–water partition coefficient (Wildman–Crippen LogP) is 3.32. The van der Waals surface area contributed by atoms with Crippen LogP contribution in [0.2, 0.25) is 5.02 Å². The molecule has 1 aromatic rings. The number of halogens is 1. The summed E-state index contributed by atoms with van der Waals surface area (Å²) < 4.78 is 15.6. The summed E-state index contributed by atoms with van der Waals surface area (Å²) in [6.07, 6.45) is 0. The van der Waals surface area contributed by atoms with E-state index in [4.69, 9.17) is 25.8 Å². The SMILES string of the molecule is CCOC(=O)C1=C(C)NC(C)=C(C(=O)OC)C1c1cccc(Cl)c1OC. The lowest BCUT2D eigenvalue weighted by Crippen LogP contribution is -2.32. The van der Waals surface area contributed by atoms with Crippen LogP contribution in [0.4, 0.5) is 0 Å². The number of methoxy groups -OCH3 is 2. The van der Waals surface area contributed by atoms with Crippen molar-refractivity contribution in [2.24, 2.45) is 0 Å². The van der Waals surface area contributed by atoms with Crippen molar-refractivity contribution in [2.75, 3.05) is 20.8 Å². The highest BCUT2D eigenvalue weighted by Gasteiger charge is 2.39. The van der Waals surface area contributed by atoms with Crippen LogP contribution in [-0.4, -0.2) is 32.8 Å². The van der Waals surface area contributed by atoms with Crippen molar-refractivity contribution in [3.05, 3.63) is 51.3 Å². The molecule has 2 rings (SSSR count). The highest BCUT2D eigenvalue weighted by atomic mass is 35.5. The molecule has 0 aromatic heterocycles. The summed E-state index contributed by atoms with van der Waals surface area (Å²) >= 11 is 6.27. The van der Waals surface area contributed by atoms with Gasteiger partial charge >= 0.3 is 11.9 Å². The highest BCUT2D eigenvalue weighted by Crippen LogP contribution is 2.44. The van der Waals surface area contributed by atoms with E-state index in [0.717, 1.165) is 0 Å². The second kappa shape index (κ2) is 8.27. The predicted molar refractivity (Wildman–Crippen MR) is 97.9 cm³/mol. The summed E-state index contributed by atoms with van der Waals surface area (Å²) in [4.78, 5) is 25.2. The molecule has 1 N–H and O–H groups in total. The second-order valence-electron chi connectivity index (χ2n) is 5.71. The Hall–Kier alpha value is -2.47. The number of hydrogen-bond donors (Lipinski definition) is 1. The first-order valence-corrected chi connectivity index (χ1v) is 8.51. The third-order valence-electron chi connectivity index (χ3n) is 4.17. The van der Waals surface area contributed by atoms with Crippen LogP contribution in [0.25, 0.3) is 0 Å². The maximum Gasteiger partial charge on any atom is 0.336 e. The molecule has 6 nitrogen and oxygen atoms in total. The number of para-hydroxylation sites is 1. The van der Waals surface area contributed by atoms with E-state index in [9.17, 15) is 9.59 Å². The number of benzene rings is 1. The molecular weight excluding hydrogens is 358 g/mol. The summed E-state index contributed by atoms with van der Waals surface area (Å²) in [5, 5.41) is 3.45. The number of nitrogens with one attached hydrogen (secondary N) is 1. The Kier molecular flexibility index (Phi) is 6.32. The minimum atomic E-state index is -0.726. The molecule has 0 saturated heterocycles. The third-order valence-corrected chi connectivity index (χ3v) is 4.47. The topological polar surface area (TPSA) is 73.9 Å². The van der Waals surface area contributed by atoms with Gasteiger partial charge in [0.2, 0.25) is 0 Å². The van der Waals surface area contributed by atoms with Crippen LogP contribution in [0.5, 0.6) is 5.75 Å². The van der Waals surface area contributed by atoms with Crippen LogP contribution in [0.3, 0.4) is 0 Å². The summed E-state index contributed by atoms with van der Waals surface area (Å²) in [6, 6.07) is 5.19. The van der Waals surface area contributed by atoms with Crippen molar-refractivity contribution < 1.29 is 23.8 Å². The van der Waals surface area contributed by atoms with Crippen molar-refractivity contribution >= 4 is 23.5 Å². The molecule has 1 atom stereocenters. The first-order chi connectivity index (χ1) is 12.4. The highest BCUT2D eigenvalue weighted by molar-refractivity contribution is 6.32. The Bertz CT molecular complexity index is 797. The fourth-order valence-electron chi connectivity index (χ4n) is 3.13. The normalized spacial score (nSPS) is 16.9. The maximum atomic E-state index is 12.7. The quantitative estimate of drug-likeness (QED) is 0.791. The van der Waals surface area contributed by atoms with Gasteiger partial charge in [-0.15, -0.1) is 0 Å². The number of ether oxygens (including phenoxy) is 3. The first kappa shape index (κ1) is 19.8. The second-order valence-corrected chi connectivity index (χ2v) is 6.12. The van der Waals surface area contributed by atoms with Gasteiger partial charge in [-0.05, 0) is 26.8 Å². The molecule has 0 fully saturated rings. The van der Waals surface area contributed by atoms with Crippen LogP contribution in [0.1, 0.15) is 32.3 Å². The first-order valence-electron chi connectivity index (χ1n) is 8.13. The molecule has 0 aliphatic carbocycles. The molecule has 0 amide bonds. The van der Waals surface area contributed by atoms with E-state index in [0.29, 0.717) is 38.9 Å². The molecule has 7 heteroatoms. The average molecular weight is 380 g/mol. The minimum absolute atomic E-state index is 0.214. The Morgan fingerprint density at radius 3 is 2.27 bits per heavy atom. The van der Waals surface area contributed by atoms with Gasteiger partial charge in [0.1, 0.15) is 5.75 Å². The van der Waals surface area contributed by atoms with Crippen LogP contribution in [0, 0.1) is 0 Å². The number of carbonyl (C=O) groups is 2. The standard InChI is InChI=1S/C19H22ClNO5/c1-6-26-19(23)15-11(3)21-10(2)14(18(22)25-5)16(15)12-8-7-9-13(20)17(12)24-4/h7-9,16,21H,6H2,1-5H3. The lowest BCUT2D eigenvalue weighted by Gasteiger charge is -2.31. The Balaban J connectivity index is 2.77. The Labute approximate surface area is 157 Å². The van der Waals surface area contributed by atoms with Gasteiger partial charge in [0, 0.05) is 17.0 Å². The van der Waals surface area contributed by atoms with Crippen molar-refractivity contribution in [2.45, 2.75) is 26.7 Å². The Morgan fingerprint density at radius 1 is 1.12 bits per heavy atom. The number of dihydropyridines is 1. The van der Waals surface area contributed by atoms with Crippen LogP contribution >= 0.6 is 11.6 Å². The van der Waals surface area contributed by atoms with E-state index < -0.39 is 17.9 Å². The van der Waals surface area contributed by atoms with E-state index in [-0.39, 0.29) is 6.61 Å². The van der Waals surface area contributed by atoms with E-state index in [1.165, 1.54) is 14.2 Å². The molecule has 1 aliphatic heterocycles. The molecule has 140 valence electrons. The number of carbonyl (C=O) groups excluding carboxylic acids is 2. The third kappa shape index (κ3) is 3.55. The van der Waals surface area contributed by atoms with Crippen LogP contribution < -0.4 is 10.1 Å². The smallest absolute Gasteiger partial charge is 0.336 e. The largest absolute Gasteiger partial charge is 0.495 e. The number of rotatable bonds is 5. The lowest BCUT2D eigenvalue weighted by atomic mass is 9.80. The summed E-state index contributed by atoms with van der Waals surface area (Å²) in [5.74, 6) is -1.39. The summed E-state index contributed by atoms with van der Waals surface area (Å²) in [5.41, 5.74) is 2.40. The van der Waals surface area contributed by atoms with E-state index in [2.05, 4.69) is 5.32 Å². The van der Waals surface area contributed by atoms with Crippen LogP contribution in [-0.2, 0) is 19.1 Å². The van der Waals surface area contributed by atoms with Gasteiger partial charge in [0.15, 0.2) is 0 Å². The van der Waals surface area contributed by atoms with Crippen molar-refractivity contribution in [1.82, 2.24) is 5.32 Å². The van der Waals surface area contributed by atoms with Gasteiger partial charge in [-0.25, -0.2) is 9.59 Å². The average Bonchev–Trinajstić information content (AvgIpc) is 2.60. The van der Waals surface area contributed by atoms with E-state index >= 15 is 0 Å². The zero-order chi connectivity index (χ0) is 19.4.